The van der Waals surface area contributed by atoms with Crippen molar-refractivity contribution in [2.75, 3.05) is 19.7 Å². The van der Waals surface area contributed by atoms with Gasteiger partial charge in [0.1, 0.15) is 12.2 Å². The van der Waals surface area contributed by atoms with Gasteiger partial charge in [0.25, 0.3) is 0 Å². The standard InChI is InChI=1S/C29H32F3N5O3/c30-29(31,32)22-4-1-3-20(15-22)18-40-19-26(38)37-14-9-24(17-37)36-23-7-10-28(39,11-8-23)25-6-5-21(16-35-25)27-33-12-2-13-34-27/h1-6,12-13,15-16,23-24,36,39H,7-11,14,17-19H2/t23?,24-,28?/m0/s1. The molecule has 1 aliphatic carbocycles. The fourth-order valence-corrected chi connectivity index (χ4v) is 5.41. The van der Waals surface area contributed by atoms with Crippen LogP contribution in [0.5, 0.6) is 0 Å². The average molecular weight is 556 g/mol. The second-order valence-electron chi connectivity index (χ2n) is 10.5. The molecule has 1 amide bonds. The Morgan fingerprint density at radius 3 is 2.52 bits per heavy atom. The van der Waals surface area contributed by atoms with E-state index in [1.165, 1.54) is 6.07 Å². The zero-order chi connectivity index (χ0) is 28.2. The van der Waals surface area contributed by atoms with Gasteiger partial charge in [-0.2, -0.15) is 13.2 Å². The van der Waals surface area contributed by atoms with Crippen molar-refractivity contribution >= 4 is 5.91 Å². The Morgan fingerprint density at radius 1 is 1.05 bits per heavy atom. The number of nitrogens with one attached hydrogen (secondary N) is 1. The highest BCUT2D eigenvalue weighted by atomic mass is 19.4. The molecule has 1 aliphatic heterocycles. The number of halogens is 3. The van der Waals surface area contributed by atoms with Crippen molar-refractivity contribution in [1.29, 1.82) is 0 Å². The molecule has 1 atom stereocenters. The third kappa shape index (κ3) is 6.83. The summed E-state index contributed by atoms with van der Waals surface area (Å²) in [6, 6.07) is 10.8. The number of benzene rings is 1. The summed E-state index contributed by atoms with van der Waals surface area (Å²) in [7, 11) is 0. The van der Waals surface area contributed by atoms with Crippen LogP contribution in [0.25, 0.3) is 11.4 Å². The number of nitrogens with zero attached hydrogens (tertiary/aromatic N) is 4. The number of hydrogen-bond acceptors (Lipinski definition) is 7. The maximum Gasteiger partial charge on any atom is 0.416 e. The molecule has 212 valence electrons. The first kappa shape index (κ1) is 28.1. The lowest BCUT2D eigenvalue weighted by atomic mass is 9.79. The van der Waals surface area contributed by atoms with E-state index in [1.54, 1.807) is 35.6 Å². The summed E-state index contributed by atoms with van der Waals surface area (Å²) in [5.41, 5.74) is 0.0975. The minimum Gasteiger partial charge on any atom is -0.384 e. The van der Waals surface area contributed by atoms with E-state index in [1.807, 2.05) is 12.1 Å². The number of pyridine rings is 1. The molecule has 3 heterocycles. The van der Waals surface area contributed by atoms with Crippen LogP contribution in [0.2, 0.25) is 0 Å². The largest absolute Gasteiger partial charge is 0.416 e. The predicted molar refractivity (Wildman–Crippen MR) is 141 cm³/mol. The van der Waals surface area contributed by atoms with Crippen molar-refractivity contribution in [1.82, 2.24) is 25.2 Å². The van der Waals surface area contributed by atoms with E-state index in [9.17, 15) is 23.1 Å². The van der Waals surface area contributed by atoms with Crippen molar-refractivity contribution in [3.63, 3.8) is 0 Å². The second-order valence-corrected chi connectivity index (χ2v) is 10.5. The van der Waals surface area contributed by atoms with Crippen LogP contribution >= 0.6 is 0 Å². The highest BCUT2D eigenvalue weighted by Crippen LogP contribution is 2.37. The minimum absolute atomic E-state index is 0.0617. The summed E-state index contributed by atoms with van der Waals surface area (Å²) < 4.78 is 44.1. The number of aliphatic hydroxyl groups is 1. The van der Waals surface area contributed by atoms with E-state index in [2.05, 4.69) is 20.3 Å². The number of rotatable bonds is 8. The van der Waals surface area contributed by atoms with Crippen molar-refractivity contribution in [2.45, 2.75) is 62.6 Å². The van der Waals surface area contributed by atoms with E-state index in [0.29, 0.717) is 43.0 Å². The molecular formula is C29H32F3N5O3. The minimum atomic E-state index is -4.42. The Labute approximate surface area is 230 Å². The Morgan fingerprint density at radius 2 is 1.82 bits per heavy atom. The molecule has 5 rings (SSSR count). The summed E-state index contributed by atoms with van der Waals surface area (Å²) in [6.07, 6.45) is 4.17. The molecule has 40 heavy (non-hydrogen) atoms. The van der Waals surface area contributed by atoms with Gasteiger partial charge in [0, 0.05) is 49.3 Å². The highest BCUT2D eigenvalue weighted by molar-refractivity contribution is 5.77. The number of carbonyl (C=O) groups is 1. The van der Waals surface area contributed by atoms with E-state index in [4.69, 9.17) is 4.74 Å². The smallest absolute Gasteiger partial charge is 0.384 e. The van der Waals surface area contributed by atoms with Gasteiger partial charge in [0.05, 0.1) is 17.9 Å². The summed E-state index contributed by atoms with van der Waals surface area (Å²) in [5.74, 6) is 0.414. The molecule has 0 radical (unpaired) electrons. The van der Waals surface area contributed by atoms with Crippen molar-refractivity contribution in [3.05, 3.63) is 77.9 Å². The third-order valence-corrected chi connectivity index (χ3v) is 7.64. The molecule has 0 spiro atoms. The molecule has 1 saturated carbocycles. The number of likely N-dealkylation sites (tertiary alicyclic amines) is 1. The second kappa shape index (κ2) is 12.0. The van der Waals surface area contributed by atoms with Crippen LogP contribution in [0.15, 0.2) is 61.1 Å². The number of carbonyl (C=O) groups excluding carboxylic acids is 1. The number of amides is 1. The van der Waals surface area contributed by atoms with Gasteiger partial charge in [-0.1, -0.05) is 12.1 Å². The Bertz CT molecular complexity index is 1280. The molecule has 0 unspecified atom stereocenters. The molecule has 11 heteroatoms. The molecule has 8 nitrogen and oxygen atoms in total. The zero-order valence-electron chi connectivity index (χ0n) is 22.0. The molecule has 1 aromatic carbocycles. The quantitative estimate of drug-likeness (QED) is 0.432. The fraction of sp³-hybridized carbons (Fsp3) is 0.448. The van der Waals surface area contributed by atoms with E-state index in [0.717, 1.165) is 37.0 Å². The van der Waals surface area contributed by atoms with Crippen LogP contribution in [0, 0.1) is 0 Å². The first-order chi connectivity index (χ1) is 19.2. The summed E-state index contributed by atoms with van der Waals surface area (Å²) in [4.78, 5) is 27.3. The van der Waals surface area contributed by atoms with Crippen LogP contribution in [0.1, 0.15) is 48.9 Å². The monoisotopic (exact) mass is 555 g/mol. The molecule has 1 saturated heterocycles. The molecule has 3 aromatic rings. The Balaban J connectivity index is 1.05. The van der Waals surface area contributed by atoms with Gasteiger partial charge >= 0.3 is 6.18 Å². The van der Waals surface area contributed by atoms with Crippen molar-refractivity contribution in [3.8, 4) is 11.4 Å². The Hall–Kier alpha value is -3.41. The predicted octanol–water partition coefficient (Wildman–Crippen LogP) is 4.09. The van der Waals surface area contributed by atoms with Crippen molar-refractivity contribution < 1.29 is 27.8 Å². The van der Waals surface area contributed by atoms with Gasteiger partial charge in [-0.25, -0.2) is 9.97 Å². The first-order valence-corrected chi connectivity index (χ1v) is 13.4. The summed E-state index contributed by atoms with van der Waals surface area (Å²) in [5, 5.41) is 14.9. The number of alkyl halides is 3. The Kier molecular flexibility index (Phi) is 8.43. The SMILES string of the molecule is O=C(COCc1cccc(C(F)(F)F)c1)N1CC[C@H](NC2CCC(O)(c3ccc(-c4ncccn4)cn3)CC2)C1. The van der Waals surface area contributed by atoms with Crippen LogP contribution in [0.4, 0.5) is 13.2 Å². The van der Waals surface area contributed by atoms with Gasteiger partial charge in [-0.05, 0) is 68.0 Å². The highest BCUT2D eigenvalue weighted by Gasteiger charge is 2.37. The van der Waals surface area contributed by atoms with Gasteiger partial charge in [-0.15, -0.1) is 0 Å². The van der Waals surface area contributed by atoms with Crippen LogP contribution in [0.3, 0.4) is 0 Å². The van der Waals surface area contributed by atoms with Crippen LogP contribution in [-0.2, 0) is 27.9 Å². The lowest BCUT2D eigenvalue weighted by molar-refractivity contribution is -0.138. The van der Waals surface area contributed by atoms with Crippen LogP contribution < -0.4 is 5.32 Å². The van der Waals surface area contributed by atoms with Gasteiger partial charge in [0.15, 0.2) is 5.82 Å². The average Bonchev–Trinajstić information content (AvgIpc) is 3.43. The van der Waals surface area contributed by atoms with E-state index in [-0.39, 0.29) is 31.2 Å². The number of ether oxygens (including phenoxy) is 1. The van der Waals surface area contributed by atoms with Gasteiger partial charge in [0.2, 0.25) is 5.91 Å². The molecule has 2 aromatic heterocycles. The third-order valence-electron chi connectivity index (χ3n) is 7.64. The van der Waals surface area contributed by atoms with Crippen molar-refractivity contribution in [2.24, 2.45) is 0 Å². The topological polar surface area (TPSA) is 100 Å². The fourth-order valence-electron chi connectivity index (χ4n) is 5.41. The number of hydrogen-bond donors (Lipinski definition) is 2. The lowest BCUT2D eigenvalue weighted by Crippen LogP contribution is -2.45. The molecule has 0 bridgehead atoms. The first-order valence-electron chi connectivity index (χ1n) is 13.4. The molecule has 2 N–H and O–H groups in total. The lowest BCUT2D eigenvalue weighted by Gasteiger charge is -2.37. The molecule has 2 fully saturated rings. The maximum absolute atomic E-state index is 12.9. The van der Waals surface area contributed by atoms with E-state index >= 15 is 0 Å². The molecular weight excluding hydrogens is 523 g/mol. The van der Waals surface area contributed by atoms with Crippen LogP contribution in [-0.4, -0.2) is 62.6 Å². The molecule has 2 aliphatic rings. The van der Waals surface area contributed by atoms with E-state index < -0.39 is 17.3 Å². The summed E-state index contributed by atoms with van der Waals surface area (Å²) >= 11 is 0. The number of aromatic nitrogens is 3. The summed E-state index contributed by atoms with van der Waals surface area (Å²) in [6.45, 7) is 0.911. The zero-order valence-corrected chi connectivity index (χ0v) is 22.0. The van der Waals surface area contributed by atoms with Gasteiger partial charge in [-0.3, -0.25) is 9.78 Å². The normalized spacial score (nSPS) is 23.4. The maximum atomic E-state index is 12.9. The van der Waals surface area contributed by atoms with Gasteiger partial charge < -0.3 is 20.1 Å².